The van der Waals surface area contributed by atoms with E-state index < -0.39 is 11.0 Å². The number of nitrogens with zero attached hydrogens (tertiary/aromatic N) is 2. The van der Waals surface area contributed by atoms with E-state index in [2.05, 4.69) is 10.2 Å². The Morgan fingerprint density at radius 1 is 1.85 bits per heavy atom. The normalized spacial score (nSPS) is 12.8. The van der Waals surface area contributed by atoms with E-state index in [-0.39, 0.29) is 18.8 Å². The first-order chi connectivity index (χ1) is 6.16. The van der Waals surface area contributed by atoms with Gasteiger partial charge in [-0.3, -0.25) is 0 Å². The van der Waals surface area contributed by atoms with Crippen molar-refractivity contribution in [3.63, 3.8) is 0 Å². The maximum atomic E-state index is 10.4. The minimum atomic E-state index is -0.584. The summed E-state index contributed by atoms with van der Waals surface area (Å²) in [4.78, 5) is 9.82. The SMILES string of the molecule is NC(CCO)c1cn[nH]c1[N+](=O)[O-]. The van der Waals surface area contributed by atoms with Crippen molar-refractivity contribution >= 4 is 5.82 Å². The molecule has 0 bridgehead atoms. The molecule has 1 aromatic heterocycles. The summed E-state index contributed by atoms with van der Waals surface area (Å²) in [7, 11) is 0. The number of hydrogen-bond donors (Lipinski definition) is 3. The molecule has 1 atom stereocenters. The number of aromatic nitrogens is 2. The Morgan fingerprint density at radius 2 is 2.54 bits per heavy atom. The third-order valence-electron chi connectivity index (χ3n) is 1.67. The monoisotopic (exact) mass is 186 g/mol. The van der Waals surface area contributed by atoms with Crippen molar-refractivity contribution in [3.05, 3.63) is 21.9 Å². The number of hydrogen-bond acceptors (Lipinski definition) is 5. The number of nitrogens with one attached hydrogen (secondary N) is 1. The van der Waals surface area contributed by atoms with Gasteiger partial charge in [0.15, 0.2) is 0 Å². The van der Waals surface area contributed by atoms with Crippen LogP contribution in [0.5, 0.6) is 0 Å². The number of aliphatic hydroxyl groups excluding tert-OH is 1. The number of nitro groups is 1. The second kappa shape index (κ2) is 3.97. The summed E-state index contributed by atoms with van der Waals surface area (Å²) in [6.45, 7) is -0.108. The van der Waals surface area contributed by atoms with Crippen LogP contribution in [0.1, 0.15) is 18.0 Å². The van der Waals surface area contributed by atoms with Gasteiger partial charge in [0.25, 0.3) is 0 Å². The molecule has 0 amide bonds. The van der Waals surface area contributed by atoms with E-state index in [9.17, 15) is 10.1 Å². The third kappa shape index (κ3) is 2.01. The Kier molecular flexibility index (Phi) is 2.93. The van der Waals surface area contributed by atoms with Crippen molar-refractivity contribution in [3.8, 4) is 0 Å². The molecule has 0 fully saturated rings. The van der Waals surface area contributed by atoms with Gasteiger partial charge in [0.1, 0.15) is 0 Å². The Labute approximate surface area is 73.7 Å². The highest BCUT2D eigenvalue weighted by Gasteiger charge is 2.20. The topological polar surface area (TPSA) is 118 Å². The average molecular weight is 186 g/mol. The second-order valence-corrected chi connectivity index (χ2v) is 2.55. The zero-order chi connectivity index (χ0) is 9.84. The Hall–Kier alpha value is -1.47. The zero-order valence-electron chi connectivity index (χ0n) is 6.80. The molecule has 0 aliphatic carbocycles. The van der Waals surface area contributed by atoms with Gasteiger partial charge in [-0.05, 0) is 11.3 Å². The molecule has 1 heterocycles. The summed E-state index contributed by atoms with van der Waals surface area (Å²) < 4.78 is 0. The molecule has 7 heteroatoms. The molecular weight excluding hydrogens is 176 g/mol. The van der Waals surface area contributed by atoms with E-state index in [1.165, 1.54) is 6.20 Å². The summed E-state index contributed by atoms with van der Waals surface area (Å²) >= 11 is 0. The summed E-state index contributed by atoms with van der Waals surface area (Å²) in [6.07, 6.45) is 1.58. The van der Waals surface area contributed by atoms with Crippen LogP contribution >= 0.6 is 0 Å². The van der Waals surface area contributed by atoms with Gasteiger partial charge < -0.3 is 21.0 Å². The summed E-state index contributed by atoms with van der Waals surface area (Å²) in [6, 6.07) is -0.552. The van der Waals surface area contributed by atoms with E-state index in [1.807, 2.05) is 0 Å². The van der Waals surface area contributed by atoms with Gasteiger partial charge in [-0.2, -0.15) is 0 Å². The van der Waals surface area contributed by atoms with E-state index >= 15 is 0 Å². The van der Waals surface area contributed by atoms with E-state index in [0.29, 0.717) is 5.56 Å². The Balaban J connectivity index is 2.86. The first-order valence-corrected chi connectivity index (χ1v) is 3.71. The second-order valence-electron chi connectivity index (χ2n) is 2.55. The highest BCUT2D eigenvalue weighted by atomic mass is 16.6. The molecule has 0 saturated heterocycles. The van der Waals surface area contributed by atoms with Gasteiger partial charge in [0.2, 0.25) is 0 Å². The first kappa shape index (κ1) is 9.62. The van der Waals surface area contributed by atoms with E-state index in [0.717, 1.165) is 0 Å². The van der Waals surface area contributed by atoms with Crippen molar-refractivity contribution in [2.75, 3.05) is 6.61 Å². The summed E-state index contributed by atoms with van der Waals surface area (Å²) in [5, 5.41) is 24.7. The van der Waals surface area contributed by atoms with Gasteiger partial charge in [-0.25, -0.2) is 0 Å². The van der Waals surface area contributed by atoms with Crippen molar-refractivity contribution in [1.29, 1.82) is 0 Å². The number of nitrogens with two attached hydrogens (primary N) is 1. The maximum Gasteiger partial charge on any atom is 0.347 e. The molecule has 0 aromatic carbocycles. The minimum Gasteiger partial charge on any atom is -0.396 e. The fraction of sp³-hybridized carbons (Fsp3) is 0.500. The number of H-pyrrole nitrogens is 1. The van der Waals surface area contributed by atoms with Crippen LogP contribution in [0.2, 0.25) is 0 Å². The molecule has 1 aromatic rings. The zero-order valence-corrected chi connectivity index (χ0v) is 6.80. The van der Waals surface area contributed by atoms with Crippen molar-refractivity contribution in [2.45, 2.75) is 12.5 Å². The van der Waals surface area contributed by atoms with Gasteiger partial charge in [-0.1, -0.05) is 5.10 Å². The van der Waals surface area contributed by atoms with Crippen molar-refractivity contribution in [1.82, 2.24) is 10.2 Å². The largest absolute Gasteiger partial charge is 0.396 e. The van der Waals surface area contributed by atoms with Gasteiger partial charge in [0.05, 0.1) is 11.8 Å². The molecule has 7 nitrogen and oxygen atoms in total. The van der Waals surface area contributed by atoms with Crippen LogP contribution in [0, 0.1) is 10.1 Å². The lowest BCUT2D eigenvalue weighted by atomic mass is 10.1. The van der Waals surface area contributed by atoms with E-state index in [4.69, 9.17) is 10.8 Å². The highest BCUT2D eigenvalue weighted by Crippen LogP contribution is 2.21. The molecular formula is C6H10N4O3. The quantitative estimate of drug-likeness (QED) is 0.440. The van der Waals surface area contributed by atoms with Gasteiger partial charge in [-0.15, -0.1) is 5.10 Å². The van der Waals surface area contributed by atoms with Crippen molar-refractivity contribution < 1.29 is 10.0 Å². The van der Waals surface area contributed by atoms with Crippen LogP contribution in [-0.2, 0) is 0 Å². The summed E-state index contributed by atoms with van der Waals surface area (Å²) in [5.41, 5.74) is 5.88. The molecule has 4 N–H and O–H groups in total. The molecule has 0 spiro atoms. The molecule has 1 unspecified atom stereocenters. The molecule has 0 aliphatic rings. The molecule has 0 saturated carbocycles. The lowest BCUT2D eigenvalue weighted by molar-refractivity contribution is -0.390. The van der Waals surface area contributed by atoms with Gasteiger partial charge >= 0.3 is 5.82 Å². The Bertz CT molecular complexity index is 298. The van der Waals surface area contributed by atoms with Crippen LogP contribution in [0.4, 0.5) is 5.82 Å². The smallest absolute Gasteiger partial charge is 0.347 e. The average Bonchev–Trinajstić information content (AvgIpc) is 2.52. The minimum absolute atomic E-state index is 0.108. The standard InChI is InChI=1S/C6H10N4O3/c7-5(1-2-11)4-3-8-9-6(4)10(12)13/h3,5,11H,1-2,7H2,(H,8,9). The molecule has 0 radical (unpaired) electrons. The number of rotatable bonds is 4. The van der Waals surface area contributed by atoms with Crippen LogP contribution in [0.15, 0.2) is 6.20 Å². The lowest BCUT2D eigenvalue weighted by Gasteiger charge is -2.05. The highest BCUT2D eigenvalue weighted by molar-refractivity contribution is 5.32. The fourth-order valence-corrected chi connectivity index (χ4v) is 1.00. The van der Waals surface area contributed by atoms with E-state index in [1.54, 1.807) is 0 Å². The Morgan fingerprint density at radius 3 is 3.08 bits per heavy atom. The molecule has 72 valence electrons. The predicted octanol–water partition coefficient (Wildman–Crippen LogP) is -0.300. The number of aromatic amines is 1. The molecule has 0 aliphatic heterocycles. The van der Waals surface area contributed by atoms with Crippen LogP contribution in [0.3, 0.4) is 0 Å². The van der Waals surface area contributed by atoms with Crippen LogP contribution in [-0.4, -0.2) is 26.8 Å². The predicted molar refractivity (Wildman–Crippen MR) is 43.9 cm³/mol. The number of aliphatic hydroxyl groups is 1. The summed E-state index contributed by atoms with van der Waals surface area (Å²) in [5.74, 6) is -0.207. The third-order valence-corrected chi connectivity index (χ3v) is 1.67. The van der Waals surface area contributed by atoms with Crippen LogP contribution < -0.4 is 5.73 Å². The van der Waals surface area contributed by atoms with Crippen molar-refractivity contribution in [2.24, 2.45) is 5.73 Å². The fourth-order valence-electron chi connectivity index (χ4n) is 1.00. The first-order valence-electron chi connectivity index (χ1n) is 3.71. The molecule has 1 rings (SSSR count). The van der Waals surface area contributed by atoms with Crippen LogP contribution in [0.25, 0.3) is 0 Å². The van der Waals surface area contributed by atoms with Gasteiger partial charge in [0, 0.05) is 12.6 Å². The lowest BCUT2D eigenvalue weighted by Crippen LogP contribution is -2.12. The maximum absolute atomic E-state index is 10.4. The molecule has 13 heavy (non-hydrogen) atoms.